The topological polar surface area (TPSA) is 70.6 Å². The molecule has 0 aliphatic heterocycles. The van der Waals surface area contributed by atoms with E-state index in [0.717, 1.165) is 31.2 Å². The molecule has 0 radical (unpaired) electrons. The smallest absolute Gasteiger partial charge is 0.315 e. The first-order valence-electron chi connectivity index (χ1n) is 7.62. The quantitative estimate of drug-likeness (QED) is 0.752. The molecule has 2 rings (SSSR count). The number of rotatable bonds is 6. The van der Waals surface area contributed by atoms with Crippen LogP contribution in [0.1, 0.15) is 31.2 Å². The fraction of sp³-hybridized carbons (Fsp3) is 0.562. The maximum absolute atomic E-state index is 12.1. The van der Waals surface area contributed by atoms with Crippen molar-refractivity contribution in [1.29, 1.82) is 0 Å². The Bertz CT molecular complexity index is 510. The Labute approximate surface area is 136 Å². The van der Waals surface area contributed by atoms with Crippen LogP contribution in [0.3, 0.4) is 0 Å². The van der Waals surface area contributed by atoms with Crippen LogP contribution in [-0.2, 0) is 6.54 Å². The van der Waals surface area contributed by atoms with Crippen LogP contribution in [-0.4, -0.2) is 30.9 Å². The Hall–Kier alpha value is -1.46. The van der Waals surface area contributed by atoms with Crippen molar-refractivity contribution >= 4 is 17.6 Å². The Kier molecular flexibility index (Phi) is 6.34. The molecule has 1 fully saturated rings. The highest BCUT2D eigenvalue weighted by Gasteiger charge is 2.27. The van der Waals surface area contributed by atoms with Gasteiger partial charge in [-0.25, -0.2) is 4.79 Å². The number of aliphatic hydroxyl groups excluding tert-OH is 1. The first-order chi connectivity index (χ1) is 10.7. The molecule has 122 valence electrons. The summed E-state index contributed by atoms with van der Waals surface area (Å²) in [6, 6.07) is 5.32. The molecule has 2 amide bonds. The van der Waals surface area contributed by atoms with Crippen LogP contribution < -0.4 is 15.4 Å². The van der Waals surface area contributed by atoms with Crippen LogP contribution in [0.4, 0.5) is 4.79 Å². The molecule has 0 unspecified atom stereocenters. The van der Waals surface area contributed by atoms with Gasteiger partial charge in [-0.05, 0) is 37.3 Å². The van der Waals surface area contributed by atoms with Crippen molar-refractivity contribution in [3.05, 3.63) is 28.8 Å². The van der Waals surface area contributed by atoms with Gasteiger partial charge in [0.1, 0.15) is 5.75 Å². The SMILES string of the molecule is COc1cccc(Cl)c1CNC(=O)N[C@H]1CCC[C@H]1CCO. The number of nitrogens with one attached hydrogen (secondary N) is 2. The lowest BCUT2D eigenvalue weighted by Crippen LogP contribution is -2.43. The molecule has 0 spiro atoms. The van der Waals surface area contributed by atoms with E-state index in [1.54, 1.807) is 13.2 Å². The highest BCUT2D eigenvalue weighted by atomic mass is 35.5. The fourth-order valence-electron chi connectivity index (χ4n) is 3.03. The Morgan fingerprint density at radius 3 is 3.00 bits per heavy atom. The molecule has 0 aromatic heterocycles. The largest absolute Gasteiger partial charge is 0.496 e. The van der Waals surface area contributed by atoms with E-state index in [2.05, 4.69) is 10.6 Å². The van der Waals surface area contributed by atoms with Gasteiger partial charge in [-0.3, -0.25) is 0 Å². The van der Waals surface area contributed by atoms with Crippen molar-refractivity contribution in [3.63, 3.8) is 0 Å². The summed E-state index contributed by atoms with van der Waals surface area (Å²) in [4.78, 5) is 12.1. The van der Waals surface area contributed by atoms with Crippen molar-refractivity contribution in [2.75, 3.05) is 13.7 Å². The zero-order chi connectivity index (χ0) is 15.9. The first kappa shape index (κ1) is 16.9. The summed E-state index contributed by atoms with van der Waals surface area (Å²) in [6.45, 7) is 0.480. The monoisotopic (exact) mass is 326 g/mol. The number of aliphatic hydroxyl groups is 1. The average Bonchev–Trinajstić information content (AvgIpc) is 2.93. The number of carbonyl (C=O) groups excluding carboxylic acids is 1. The predicted octanol–water partition coefficient (Wildman–Crippen LogP) is 2.70. The number of benzene rings is 1. The molecule has 1 aliphatic rings. The van der Waals surface area contributed by atoms with Crippen LogP contribution in [0.2, 0.25) is 5.02 Å². The van der Waals surface area contributed by atoms with Crippen molar-refractivity contribution < 1.29 is 14.6 Å². The molecule has 0 heterocycles. The second-order valence-electron chi connectivity index (χ2n) is 5.56. The van der Waals surface area contributed by atoms with Gasteiger partial charge in [0.15, 0.2) is 0 Å². The lowest BCUT2D eigenvalue weighted by Gasteiger charge is -2.20. The fourth-order valence-corrected chi connectivity index (χ4v) is 3.26. The lowest BCUT2D eigenvalue weighted by molar-refractivity contribution is 0.221. The van der Waals surface area contributed by atoms with Gasteiger partial charge in [0.05, 0.1) is 7.11 Å². The van der Waals surface area contributed by atoms with Crippen molar-refractivity contribution in [1.82, 2.24) is 10.6 Å². The highest BCUT2D eigenvalue weighted by molar-refractivity contribution is 6.31. The van der Waals surface area contributed by atoms with Gasteiger partial charge in [-0.1, -0.05) is 24.1 Å². The van der Waals surface area contributed by atoms with E-state index >= 15 is 0 Å². The number of ether oxygens (including phenoxy) is 1. The lowest BCUT2D eigenvalue weighted by atomic mass is 10.0. The van der Waals surface area contributed by atoms with Crippen LogP contribution in [0.25, 0.3) is 0 Å². The van der Waals surface area contributed by atoms with Gasteiger partial charge in [0.2, 0.25) is 0 Å². The van der Waals surface area contributed by atoms with Gasteiger partial charge < -0.3 is 20.5 Å². The first-order valence-corrected chi connectivity index (χ1v) is 8.00. The number of urea groups is 1. The van der Waals surface area contributed by atoms with E-state index in [-0.39, 0.29) is 18.7 Å². The third-order valence-electron chi connectivity index (χ3n) is 4.20. The van der Waals surface area contributed by atoms with Gasteiger partial charge in [-0.2, -0.15) is 0 Å². The summed E-state index contributed by atoms with van der Waals surface area (Å²) in [5, 5.41) is 15.5. The molecule has 5 nitrogen and oxygen atoms in total. The van der Waals surface area contributed by atoms with Crippen LogP contribution in [0, 0.1) is 5.92 Å². The molecule has 2 atom stereocenters. The second kappa shape index (κ2) is 8.25. The number of amides is 2. The molecular weight excluding hydrogens is 304 g/mol. The Morgan fingerprint density at radius 2 is 2.27 bits per heavy atom. The Morgan fingerprint density at radius 1 is 1.45 bits per heavy atom. The van der Waals surface area contributed by atoms with E-state index in [9.17, 15) is 4.79 Å². The van der Waals surface area contributed by atoms with Crippen LogP contribution in [0.5, 0.6) is 5.75 Å². The zero-order valence-electron chi connectivity index (χ0n) is 12.8. The van der Waals surface area contributed by atoms with Crippen molar-refractivity contribution in [2.45, 2.75) is 38.3 Å². The highest BCUT2D eigenvalue weighted by Crippen LogP contribution is 2.28. The maximum Gasteiger partial charge on any atom is 0.315 e. The van der Waals surface area contributed by atoms with E-state index in [4.69, 9.17) is 21.4 Å². The number of methoxy groups -OCH3 is 1. The van der Waals surface area contributed by atoms with Gasteiger partial charge in [-0.15, -0.1) is 0 Å². The second-order valence-corrected chi connectivity index (χ2v) is 5.96. The van der Waals surface area contributed by atoms with Crippen molar-refractivity contribution in [3.8, 4) is 5.75 Å². The average molecular weight is 327 g/mol. The standard InChI is InChI=1S/C16H23ClN2O3/c1-22-15-7-3-5-13(17)12(15)10-18-16(21)19-14-6-2-4-11(14)8-9-20/h3,5,7,11,14,20H,2,4,6,8-10H2,1H3,(H2,18,19,21)/t11-,14-/m0/s1. The minimum absolute atomic E-state index is 0.139. The third kappa shape index (κ3) is 4.27. The van der Waals surface area contributed by atoms with Crippen LogP contribution in [0.15, 0.2) is 18.2 Å². The maximum atomic E-state index is 12.1. The minimum atomic E-state index is -0.211. The summed E-state index contributed by atoms with van der Waals surface area (Å²) in [6.07, 6.45) is 3.86. The number of hydrogen-bond donors (Lipinski definition) is 3. The third-order valence-corrected chi connectivity index (χ3v) is 4.55. The number of hydrogen-bond acceptors (Lipinski definition) is 3. The predicted molar refractivity (Wildman–Crippen MR) is 86.2 cm³/mol. The van der Waals surface area contributed by atoms with Gasteiger partial charge in [0.25, 0.3) is 0 Å². The summed E-state index contributed by atoms with van der Waals surface area (Å²) in [5.41, 5.74) is 0.764. The van der Waals surface area contributed by atoms with E-state index in [0.29, 0.717) is 23.2 Å². The van der Waals surface area contributed by atoms with E-state index in [1.165, 1.54) is 0 Å². The summed E-state index contributed by atoms with van der Waals surface area (Å²) >= 11 is 6.15. The molecule has 0 saturated heterocycles. The molecule has 1 saturated carbocycles. The molecule has 1 aromatic carbocycles. The normalized spacial score (nSPS) is 20.7. The van der Waals surface area contributed by atoms with Crippen molar-refractivity contribution in [2.24, 2.45) is 5.92 Å². The Balaban J connectivity index is 1.88. The van der Waals surface area contributed by atoms with E-state index in [1.807, 2.05) is 12.1 Å². The summed E-state index contributed by atoms with van der Waals surface area (Å²) in [7, 11) is 1.58. The summed E-state index contributed by atoms with van der Waals surface area (Å²) in [5.74, 6) is 1.03. The minimum Gasteiger partial charge on any atom is -0.496 e. The van der Waals surface area contributed by atoms with E-state index < -0.39 is 0 Å². The molecule has 1 aliphatic carbocycles. The zero-order valence-corrected chi connectivity index (χ0v) is 13.5. The number of halogens is 1. The molecule has 6 heteroatoms. The molecular formula is C16H23ClN2O3. The van der Waals surface area contributed by atoms with Gasteiger partial charge in [0, 0.05) is 29.8 Å². The molecule has 3 N–H and O–H groups in total. The van der Waals surface area contributed by atoms with Gasteiger partial charge >= 0.3 is 6.03 Å². The van der Waals surface area contributed by atoms with Crippen LogP contribution >= 0.6 is 11.6 Å². The molecule has 22 heavy (non-hydrogen) atoms. The number of carbonyl (C=O) groups is 1. The molecule has 0 bridgehead atoms. The summed E-state index contributed by atoms with van der Waals surface area (Å²) < 4.78 is 5.26. The molecule has 1 aromatic rings.